The number of benzene rings is 1. The first kappa shape index (κ1) is 15.9. The maximum atomic E-state index is 12.4. The average Bonchev–Trinajstić information content (AvgIpc) is 2.24. The van der Waals surface area contributed by atoms with Gasteiger partial charge in [-0.1, -0.05) is 22.7 Å². The van der Waals surface area contributed by atoms with Crippen LogP contribution in [0.1, 0.15) is 20.8 Å². The monoisotopic (exact) mass is 297 g/mol. The van der Waals surface area contributed by atoms with Crippen molar-refractivity contribution in [3.63, 3.8) is 0 Å². The van der Waals surface area contributed by atoms with Gasteiger partial charge in [-0.2, -0.15) is 4.84 Å². The summed E-state index contributed by atoms with van der Waals surface area (Å²) in [4.78, 5) is 3.40. The van der Waals surface area contributed by atoms with Crippen LogP contribution < -0.4 is 0 Å². The summed E-state index contributed by atoms with van der Waals surface area (Å²) < 4.78 is 61.3. The van der Waals surface area contributed by atoms with Crippen LogP contribution in [0.4, 0.5) is 13.2 Å². The van der Waals surface area contributed by atoms with Crippen LogP contribution in [-0.4, -0.2) is 24.8 Å². The Kier molecular flexibility index (Phi) is 4.28. The van der Waals surface area contributed by atoms with Crippen LogP contribution in [0.2, 0.25) is 0 Å². The topological polar surface area (TPSA) is 46.6 Å². The van der Waals surface area contributed by atoms with E-state index in [0.29, 0.717) is 0 Å². The van der Waals surface area contributed by atoms with E-state index in [1.165, 1.54) is 45.0 Å². The van der Waals surface area contributed by atoms with Gasteiger partial charge >= 0.3 is 6.36 Å². The first-order chi connectivity index (χ1) is 8.44. The molecule has 0 atom stereocenters. The molecule has 0 N–H and O–H groups in total. The average molecular weight is 297 g/mol. The number of alkyl halides is 3. The third-order valence-electron chi connectivity index (χ3n) is 1.99. The molecule has 0 aliphatic heterocycles. The second-order valence-corrected chi connectivity index (χ2v) is 6.51. The molecule has 0 saturated carbocycles. The lowest BCUT2D eigenvalue weighted by Gasteiger charge is -2.33. The van der Waals surface area contributed by atoms with E-state index in [-0.39, 0.29) is 9.36 Å². The van der Waals surface area contributed by atoms with Crippen molar-refractivity contribution >= 4 is 10.0 Å². The molecule has 0 fully saturated rings. The minimum absolute atomic E-state index is 0.0324. The van der Waals surface area contributed by atoms with Gasteiger partial charge in [0.15, 0.2) is 0 Å². The molecule has 0 radical (unpaired) electrons. The number of halogens is 3. The smallest absolute Gasteiger partial charge is 0.205 e. The minimum atomic E-state index is -5.09. The predicted molar refractivity (Wildman–Crippen MR) is 62.4 cm³/mol. The quantitative estimate of drug-likeness (QED) is 0.806. The Balaban J connectivity index is 3.26. The van der Waals surface area contributed by atoms with Gasteiger partial charge in [0.25, 0.3) is 10.0 Å². The van der Waals surface area contributed by atoms with Crippen LogP contribution in [0, 0.1) is 0 Å². The van der Waals surface area contributed by atoms with E-state index < -0.39 is 21.9 Å². The minimum Gasteiger partial charge on any atom is -0.205 e. The lowest BCUT2D eigenvalue weighted by Crippen LogP contribution is -2.48. The van der Waals surface area contributed by atoms with Crippen molar-refractivity contribution in [3.05, 3.63) is 30.3 Å². The first-order valence-electron chi connectivity index (χ1n) is 5.31. The van der Waals surface area contributed by atoms with Gasteiger partial charge in [-0.05, 0) is 32.9 Å². The molecule has 0 saturated heterocycles. The molecule has 0 aliphatic rings. The Morgan fingerprint density at radius 2 is 1.53 bits per heavy atom. The highest BCUT2D eigenvalue weighted by atomic mass is 32.2. The van der Waals surface area contributed by atoms with E-state index in [9.17, 15) is 21.6 Å². The normalized spacial score (nSPS) is 13.8. The highest BCUT2D eigenvalue weighted by Crippen LogP contribution is 2.30. The zero-order valence-corrected chi connectivity index (χ0v) is 11.4. The molecule has 4 nitrogen and oxygen atoms in total. The van der Waals surface area contributed by atoms with Crippen molar-refractivity contribution in [1.29, 1.82) is 0 Å². The van der Waals surface area contributed by atoms with Crippen LogP contribution >= 0.6 is 0 Å². The molecule has 1 aromatic rings. The summed E-state index contributed by atoms with van der Waals surface area (Å²) in [6.45, 7) is 3.91. The molecule has 0 spiro atoms. The largest absolute Gasteiger partial charge is 0.540 e. The van der Waals surface area contributed by atoms with E-state index in [2.05, 4.69) is 4.84 Å². The highest BCUT2D eigenvalue weighted by Gasteiger charge is 2.44. The molecule has 0 aromatic heterocycles. The third kappa shape index (κ3) is 4.19. The number of hydrogen-bond acceptors (Lipinski definition) is 3. The molecule has 1 aromatic carbocycles. The Hall–Kier alpha value is -1.12. The molecule has 1 rings (SSSR count). The fourth-order valence-corrected chi connectivity index (χ4v) is 2.93. The van der Waals surface area contributed by atoms with Crippen LogP contribution in [0.5, 0.6) is 0 Å². The molecule has 0 bridgehead atoms. The van der Waals surface area contributed by atoms with Gasteiger partial charge < -0.3 is 0 Å². The summed E-state index contributed by atoms with van der Waals surface area (Å²) in [5, 5.41) is 0. The second kappa shape index (κ2) is 5.10. The van der Waals surface area contributed by atoms with Crippen LogP contribution in [0.15, 0.2) is 35.2 Å². The molecule has 0 unspecified atom stereocenters. The molecule has 19 heavy (non-hydrogen) atoms. The van der Waals surface area contributed by atoms with Gasteiger partial charge in [0.2, 0.25) is 0 Å². The zero-order chi connectivity index (χ0) is 14.9. The lowest BCUT2D eigenvalue weighted by atomic mass is 10.1. The van der Waals surface area contributed by atoms with Crippen LogP contribution in [0.25, 0.3) is 0 Å². The Morgan fingerprint density at radius 3 is 1.89 bits per heavy atom. The maximum Gasteiger partial charge on any atom is 0.540 e. The first-order valence-corrected chi connectivity index (χ1v) is 6.75. The summed E-state index contributed by atoms with van der Waals surface area (Å²) in [6, 6.07) is 6.80. The molecular formula is C11H14F3NO3S. The Morgan fingerprint density at radius 1 is 1.05 bits per heavy atom. The molecule has 0 aliphatic carbocycles. The van der Waals surface area contributed by atoms with E-state index >= 15 is 0 Å². The van der Waals surface area contributed by atoms with Crippen LogP contribution in [0.3, 0.4) is 0 Å². The summed E-state index contributed by atoms with van der Waals surface area (Å²) in [5.41, 5.74) is -1.38. The molecule has 108 valence electrons. The Labute approximate surface area is 109 Å². The summed E-state index contributed by atoms with van der Waals surface area (Å²) in [7, 11) is -4.40. The zero-order valence-electron chi connectivity index (χ0n) is 10.6. The van der Waals surface area contributed by atoms with Gasteiger partial charge in [0.05, 0.1) is 10.4 Å². The number of hydrogen-bond donors (Lipinski definition) is 0. The summed E-state index contributed by atoms with van der Waals surface area (Å²) >= 11 is 0. The van der Waals surface area contributed by atoms with E-state index in [0.717, 1.165) is 0 Å². The van der Waals surface area contributed by atoms with Crippen molar-refractivity contribution in [2.24, 2.45) is 0 Å². The number of sulfonamides is 1. The fourth-order valence-electron chi connectivity index (χ4n) is 1.33. The van der Waals surface area contributed by atoms with E-state index in [4.69, 9.17) is 0 Å². The number of nitrogens with zero attached hydrogens (tertiary/aromatic N) is 1. The number of hydroxylamine groups is 1. The predicted octanol–water partition coefficient (Wildman–Crippen LogP) is 2.93. The highest BCUT2D eigenvalue weighted by molar-refractivity contribution is 7.89. The SMILES string of the molecule is CC(C)(C)N(OC(F)(F)F)S(=O)(=O)c1ccccc1. The summed E-state index contributed by atoms with van der Waals surface area (Å²) in [6.07, 6.45) is -5.09. The summed E-state index contributed by atoms with van der Waals surface area (Å²) in [5.74, 6) is 0. The van der Waals surface area contributed by atoms with Crippen LogP contribution in [-0.2, 0) is 14.9 Å². The van der Waals surface area contributed by atoms with Crippen molar-refractivity contribution in [2.75, 3.05) is 0 Å². The van der Waals surface area contributed by atoms with Gasteiger partial charge in [-0.3, -0.25) is 0 Å². The van der Waals surface area contributed by atoms with E-state index in [1.54, 1.807) is 6.07 Å². The van der Waals surface area contributed by atoms with Gasteiger partial charge in [0.1, 0.15) is 0 Å². The van der Waals surface area contributed by atoms with Gasteiger partial charge in [0, 0.05) is 0 Å². The van der Waals surface area contributed by atoms with Crippen molar-refractivity contribution in [1.82, 2.24) is 4.47 Å². The standard InChI is InChI=1S/C11H14F3NO3S/c1-10(2,3)15(18-11(12,13)14)19(16,17)9-7-5-4-6-8-9/h4-8H,1-3H3. The molecule has 8 heteroatoms. The van der Waals surface area contributed by atoms with E-state index in [1.807, 2.05) is 0 Å². The number of rotatable bonds is 3. The molecular weight excluding hydrogens is 283 g/mol. The maximum absolute atomic E-state index is 12.4. The van der Waals surface area contributed by atoms with Crippen molar-refractivity contribution in [3.8, 4) is 0 Å². The van der Waals surface area contributed by atoms with Crippen molar-refractivity contribution in [2.45, 2.75) is 37.6 Å². The van der Waals surface area contributed by atoms with Crippen molar-refractivity contribution < 1.29 is 26.4 Å². The van der Waals surface area contributed by atoms with Gasteiger partial charge in [-0.15, -0.1) is 13.2 Å². The molecule has 0 heterocycles. The second-order valence-electron chi connectivity index (χ2n) is 4.75. The van der Waals surface area contributed by atoms with Gasteiger partial charge in [-0.25, -0.2) is 8.42 Å². The fraction of sp³-hybridized carbons (Fsp3) is 0.455. The third-order valence-corrected chi connectivity index (χ3v) is 3.92. The lowest BCUT2D eigenvalue weighted by molar-refractivity contribution is -0.402. The Bertz CT molecular complexity index is 520. The molecule has 0 amide bonds.